The number of hydrogen-bond acceptors (Lipinski definition) is 4. The van der Waals surface area contributed by atoms with E-state index in [1.807, 2.05) is 6.92 Å². The number of aryl methyl sites for hydroxylation is 1. The Morgan fingerprint density at radius 2 is 2.22 bits per heavy atom. The third-order valence-electron chi connectivity index (χ3n) is 2.42. The molecule has 7 heteroatoms. The summed E-state index contributed by atoms with van der Waals surface area (Å²) in [6, 6.07) is 3.53. The van der Waals surface area contributed by atoms with Crippen LogP contribution in [0.1, 0.15) is 11.1 Å². The number of nitrogens with zero attached hydrogens (tertiary/aromatic N) is 1. The lowest BCUT2D eigenvalue weighted by Gasteiger charge is -2.07. The van der Waals surface area contributed by atoms with Crippen LogP contribution in [0.15, 0.2) is 38.6 Å². The highest BCUT2D eigenvalue weighted by Crippen LogP contribution is 2.27. The van der Waals surface area contributed by atoms with Gasteiger partial charge in [0.25, 0.3) is 10.0 Å². The second-order valence-electron chi connectivity index (χ2n) is 3.68. The lowest BCUT2D eigenvalue weighted by Crippen LogP contribution is -2.23. The van der Waals surface area contributed by atoms with Gasteiger partial charge in [-0.15, -0.1) is 11.3 Å². The molecule has 0 atom stereocenters. The van der Waals surface area contributed by atoms with Crippen LogP contribution < -0.4 is 4.72 Å². The largest absolute Gasteiger partial charge is 0.264 e. The van der Waals surface area contributed by atoms with Gasteiger partial charge in [0.2, 0.25) is 0 Å². The van der Waals surface area contributed by atoms with Gasteiger partial charge in [-0.3, -0.25) is 4.98 Å². The summed E-state index contributed by atoms with van der Waals surface area (Å²) in [5.41, 5.74) is 1.88. The first-order valence-electron chi connectivity index (χ1n) is 5.13. The summed E-state index contributed by atoms with van der Waals surface area (Å²) in [4.78, 5) is 3.97. The summed E-state index contributed by atoms with van der Waals surface area (Å²) < 4.78 is 27.6. The monoisotopic (exact) mass is 346 g/mol. The van der Waals surface area contributed by atoms with Crippen molar-refractivity contribution in [2.75, 3.05) is 0 Å². The van der Waals surface area contributed by atoms with Gasteiger partial charge in [0.1, 0.15) is 4.21 Å². The Kier molecular flexibility index (Phi) is 4.16. The maximum absolute atomic E-state index is 12.1. The van der Waals surface area contributed by atoms with Gasteiger partial charge in [-0.1, -0.05) is 0 Å². The molecule has 18 heavy (non-hydrogen) atoms. The predicted octanol–water partition coefficient (Wildman–Crippen LogP) is 2.69. The van der Waals surface area contributed by atoms with Gasteiger partial charge in [-0.25, -0.2) is 13.1 Å². The van der Waals surface area contributed by atoms with Crippen LogP contribution in [0.25, 0.3) is 0 Å². The second-order valence-corrected chi connectivity index (χ2v) is 7.42. The van der Waals surface area contributed by atoms with Crippen LogP contribution in [0.3, 0.4) is 0 Å². The quantitative estimate of drug-likeness (QED) is 0.925. The average Bonchev–Trinajstić information content (AvgIpc) is 2.75. The molecule has 2 aromatic heterocycles. The Morgan fingerprint density at radius 1 is 1.44 bits per heavy atom. The van der Waals surface area contributed by atoms with Crippen LogP contribution in [0.5, 0.6) is 0 Å². The predicted molar refractivity (Wildman–Crippen MR) is 75.0 cm³/mol. The molecule has 96 valence electrons. The summed E-state index contributed by atoms with van der Waals surface area (Å²) >= 11 is 4.41. The molecule has 0 bridgehead atoms. The Morgan fingerprint density at radius 3 is 2.83 bits per heavy atom. The van der Waals surface area contributed by atoms with Gasteiger partial charge in [-0.2, -0.15) is 0 Å². The maximum Gasteiger partial charge on any atom is 0.251 e. The van der Waals surface area contributed by atoms with Crippen LogP contribution in [0.4, 0.5) is 0 Å². The number of pyridine rings is 1. The minimum Gasteiger partial charge on any atom is -0.264 e. The molecule has 0 saturated carbocycles. The normalized spacial score (nSPS) is 11.7. The van der Waals surface area contributed by atoms with E-state index >= 15 is 0 Å². The van der Waals surface area contributed by atoms with E-state index in [1.165, 1.54) is 11.3 Å². The molecule has 2 aromatic rings. The minimum atomic E-state index is -3.46. The molecule has 1 N–H and O–H groups in total. The molecule has 0 saturated heterocycles. The number of nitrogens with one attached hydrogen (secondary N) is 1. The number of thiophene rings is 1. The van der Waals surface area contributed by atoms with Crippen LogP contribution in [-0.4, -0.2) is 13.4 Å². The molecular weight excluding hydrogens is 336 g/mol. The van der Waals surface area contributed by atoms with E-state index in [9.17, 15) is 8.42 Å². The summed E-state index contributed by atoms with van der Waals surface area (Å²) in [5.74, 6) is 0. The zero-order chi connectivity index (χ0) is 13.2. The fourth-order valence-corrected chi connectivity index (χ4v) is 4.80. The molecule has 0 unspecified atom stereocenters. The molecule has 0 aliphatic rings. The van der Waals surface area contributed by atoms with Crippen molar-refractivity contribution >= 4 is 37.3 Å². The number of sulfonamides is 1. The van der Waals surface area contributed by atoms with Crippen LogP contribution in [-0.2, 0) is 16.6 Å². The standard InChI is InChI=1S/C11H11BrN2O2S2/c1-8-6-13-4-2-9(8)7-14-18(15,16)11-10(12)3-5-17-11/h2-6,14H,7H2,1H3. The molecule has 0 amide bonds. The van der Waals surface area contributed by atoms with E-state index in [0.29, 0.717) is 8.68 Å². The van der Waals surface area contributed by atoms with Crippen molar-refractivity contribution in [1.82, 2.24) is 9.71 Å². The van der Waals surface area contributed by atoms with E-state index in [0.717, 1.165) is 11.1 Å². The van der Waals surface area contributed by atoms with Crippen molar-refractivity contribution in [2.45, 2.75) is 17.7 Å². The molecule has 4 nitrogen and oxygen atoms in total. The first-order chi connectivity index (χ1) is 8.50. The summed E-state index contributed by atoms with van der Waals surface area (Å²) in [6.07, 6.45) is 3.36. The molecule has 0 aliphatic heterocycles. The topological polar surface area (TPSA) is 59.1 Å². The van der Waals surface area contributed by atoms with Crippen molar-refractivity contribution in [1.29, 1.82) is 0 Å². The van der Waals surface area contributed by atoms with Gasteiger partial charge in [0, 0.05) is 23.4 Å². The van der Waals surface area contributed by atoms with E-state index in [4.69, 9.17) is 0 Å². The highest BCUT2D eigenvalue weighted by molar-refractivity contribution is 9.10. The summed E-state index contributed by atoms with van der Waals surface area (Å²) in [6.45, 7) is 2.17. The smallest absolute Gasteiger partial charge is 0.251 e. The van der Waals surface area contributed by atoms with Gasteiger partial charge in [0.15, 0.2) is 0 Å². The maximum atomic E-state index is 12.1. The number of aromatic nitrogens is 1. The Balaban J connectivity index is 2.16. The Labute approximate surface area is 118 Å². The zero-order valence-corrected chi connectivity index (χ0v) is 12.8. The van der Waals surface area contributed by atoms with E-state index < -0.39 is 10.0 Å². The third kappa shape index (κ3) is 2.97. The summed E-state index contributed by atoms with van der Waals surface area (Å²) in [5, 5.41) is 1.73. The Bertz CT molecular complexity index is 653. The van der Waals surface area contributed by atoms with E-state index in [-0.39, 0.29) is 6.54 Å². The van der Waals surface area contributed by atoms with Crippen molar-refractivity contribution < 1.29 is 8.42 Å². The highest BCUT2D eigenvalue weighted by atomic mass is 79.9. The average molecular weight is 347 g/mol. The third-order valence-corrected chi connectivity index (χ3v) is 6.49. The lowest BCUT2D eigenvalue weighted by molar-refractivity contribution is 0.583. The lowest BCUT2D eigenvalue weighted by atomic mass is 10.2. The number of rotatable bonds is 4. The van der Waals surface area contributed by atoms with Gasteiger partial charge >= 0.3 is 0 Å². The fourth-order valence-electron chi connectivity index (χ4n) is 1.41. The SMILES string of the molecule is Cc1cnccc1CNS(=O)(=O)c1sccc1Br. The van der Waals surface area contributed by atoms with E-state index in [2.05, 4.69) is 25.6 Å². The van der Waals surface area contributed by atoms with Crippen molar-refractivity contribution in [3.05, 3.63) is 45.5 Å². The molecule has 0 aliphatic carbocycles. The molecule has 2 heterocycles. The highest BCUT2D eigenvalue weighted by Gasteiger charge is 2.18. The van der Waals surface area contributed by atoms with Crippen molar-refractivity contribution in [3.63, 3.8) is 0 Å². The molecule has 0 aromatic carbocycles. The second kappa shape index (κ2) is 5.48. The number of halogens is 1. The van der Waals surface area contributed by atoms with Gasteiger partial charge in [0.05, 0.1) is 0 Å². The van der Waals surface area contributed by atoms with Crippen molar-refractivity contribution in [2.24, 2.45) is 0 Å². The first kappa shape index (κ1) is 13.7. The molecule has 0 spiro atoms. The molecule has 2 rings (SSSR count). The molecule has 0 radical (unpaired) electrons. The van der Waals surface area contributed by atoms with Crippen LogP contribution >= 0.6 is 27.3 Å². The van der Waals surface area contributed by atoms with Gasteiger partial charge in [-0.05, 0) is 51.5 Å². The van der Waals surface area contributed by atoms with Gasteiger partial charge < -0.3 is 0 Å². The Hall–Kier alpha value is -0.760. The molecule has 0 fully saturated rings. The van der Waals surface area contributed by atoms with E-state index in [1.54, 1.807) is 29.9 Å². The number of hydrogen-bond donors (Lipinski definition) is 1. The first-order valence-corrected chi connectivity index (χ1v) is 8.28. The van der Waals surface area contributed by atoms with Crippen LogP contribution in [0, 0.1) is 6.92 Å². The summed E-state index contributed by atoms with van der Waals surface area (Å²) in [7, 11) is -3.46. The minimum absolute atomic E-state index is 0.265. The molecular formula is C11H11BrN2O2S2. The zero-order valence-electron chi connectivity index (χ0n) is 9.55. The van der Waals surface area contributed by atoms with Crippen LogP contribution in [0.2, 0.25) is 0 Å². The van der Waals surface area contributed by atoms with Crippen molar-refractivity contribution in [3.8, 4) is 0 Å². The fraction of sp³-hybridized carbons (Fsp3) is 0.182.